The lowest BCUT2D eigenvalue weighted by Crippen LogP contribution is -2.26. The second kappa shape index (κ2) is 9.39. The summed E-state index contributed by atoms with van der Waals surface area (Å²) in [5.41, 5.74) is 6.86. The van der Waals surface area contributed by atoms with E-state index in [0.717, 1.165) is 63.3 Å². The molecule has 1 aliphatic rings. The number of aromatic nitrogens is 3. The lowest BCUT2D eigenvalue weighted by molar-refractivity contribution is 0.0553. The van der Waals surface area contributed by atoms with E-state index in [1.165, 1.54) is 16.9 Å². The average molecular weight is 512 g/mol. The normalized spacial score (nSPS) is 15.4. The second-order valence-corrected chi connectivity index (χ2v) is 11.0. The fraction of sp³-hybridized carbons (Fsp3) is 0.300. The molecule has 1 atom stereocenters. The first-order valence-electron chi connectivity index (χ1n) is 12.7. The molecule has 7 heteroatoms. The molecule has 6 rings (SSSR count). The summed E-state index contributed by atoms with van der Waals surface area (Å²) >= 11 is 1.52. The Balaban J connectivity index is 1.65. The maximum absolute atomic E-state index is 12.4. The van der Waals surface area contributed by atoms with Crippen LogP contribution in [0.5, 0.6) is 0 Å². The molecule has 6 nitrogen and oxygen atoms in total. The van der Waals surface area contributed by atoms with Gasteiger partial charge in [0.1, 0.15) is 5.52 Å². The molecule has 0 radical (unpaired) electrons. The standard InChI is InChI=1S/C30H29N3O3S/c1-18-13-23(17-32(3)30(18)35)22-14-24-27(31-16-22)29-25(15-26(37-29)19(2)34)33(24)28(20-7-5-4-6-8-20)21-9-11-36-12-10-21/h4-8,13-17,21,28H,9-12H2,1-3H3. The van der Waals surface area contributed by atoms with E-state index in [-0.39, 0.29) is 17.4 Å². The number of ether oxygens (including phenoxy) is 1. The maximum atomic E-state index is 12.4. The predicted molar refractivity (Wildman–Crippen MR) is 149 cm³/mol. The number of rotatable bonds is 5. The van der Waals surface area contributed by atoms with Crippen LogP contribution < -0.4 is 5.56 Å². The molecule has 1 aliphatic heterocycles. The van der Waals surface area contributed by atoms with Crippen molar-refractivity contribution in [2.24, 2.45) is 13.0 Å². The van der Waals surface area contributed by atoms with Gasteiger partial charge in [0.05, 0.1) is 26.7 Å². The SMILES string of the molecule is CC(=O)c1cc2c(s1)c1ncc(-c3cc(C)c(=O)n(C)c3)cc1n2C(c1ccccc1)C1CCOCC1. The van der Waals surface area contributed by atoms with Crippen LogP contribution in [0.3, 0.4) is 0 Å². The number of aryl methyl sites for hydroxylation is 2. The van der Waals surface area contributed by atoms with Crippen molar-refractivity contribution in [1.82, 2.24) is 14.1 Å². The van der Waals surface area contributed by atoms with Crippen LogP contribution in [0.1, 0.15) is 46.6 Å². The number of fused-ring (bicyclic) bond motifs is 3. The molecule has 1 fully saturated rings. The van der Waals surface area contributed by atoms with Crippen molar-refractivity contribution < 1.29 is 9.53 Å². The summed E-state index contributed by atoms with van der Waals surface area (Å²) in [5, 5.41) is 0. The van der Waals surface area contributed by atoms with Crippen LogP contribution in [0.15, 0.2) is 65.7 Å². The van der Waals surface area contributed by atoms with Crippen LogP contribution in [0.2, 0.25) is 0 Å². The lowest BCUT2D eigenvalue weighted by atomic mass is 9.86. The van der Waals surface area contributed by atoms with Gasteiger partial charge in [-0.15, -0.1) is 11.3 Å². The van der Waals surface area contributed by atoms with Crippen LogP contribution in [0.25, 0.3) is 32.4 Å². The van der Waals surface area contributed by atoms with Gasteiger partial charge < -0.3 is 13.9 Å². The Labute approximate surface area is 219 Å². The Kier molecular flexibility index (Phi) is 6.05. The minimum Gasteiger partial charge on any atom is -0.381 e. The van der Waals surface area contributed by atoms with Gasteiger partial charge in [0.2, 0.25) is 0 Å². The van der Waals surface area contributed by atoms with E-state index < -0.39 is 0 Å². The summed E-state index contributed by atoms with van der Waals surface area (Å²) in [7, 11) is 1.78. The number of hydrogen-bond acceptors (Lipinski definition) is 5. The highest BCUT2D eigenvalue weighted by atomic mass is 32.1. The molecule has 1 aromatic carbocycles. The maximum Gasteiger partial charge on any atom is 0.253 e. The number of ketones is 1. The Bertz CT molecular complexity index is 1660. The number of benzene rings is 1. The van der Waals surface area contributed by atoms with Gasteiger partial charge in [0.15, 0.2) is 5.78 Å². The predicted octanol–water partition coefficient (Wildman–Crippen LogP) is 6.14. The smallest absolute Gasteiger partial charge is 0.253 e. The summed E-state index contributed by atoms with van der Waals surface area (Å²) in [5.74, 6) is 0.458. The summed E-state index contributed by atoms with van der Waals surface area (Å²) in [6, 6.07) is 16.9. The molecule has 37 heavy (non-hydrogen) atoms. The van der Waals surface area contributed by atoms with E-state index in [2.05, 4.69) is 34.9 Å². The second-order valence-electron chi connectivity index (χ2n) is 9.98. The molecule has 4 aromatic heterocycles. The van der Waals surface area contributed by atoms with Crippen molar-refractivity contribution in [1.29, 1.82) is 0 Å². The van der Waals surface area contributed by atoms with Crippen LogP contribution in [-0.4, -0.2) is 33.1 Å². The summed E-state index contributed by atoms with van der Waals surface area (Å²) in [6.07, 6.45) is 5.69. The molecule has 0 aliphatic carbocycles. The van der Waals surface area contributed by atoms with Crippen LogP contribution in [0, 0.1) is 12.8 Å². The van der Waals surface area contributed by atoms with Gasteiger partial charge in [0, 0.05) is 49.3 Å². The number of pyridine rings is 2. The van der Waals surface area contributed by atoms with Gasteiger partial charge in [-0.05, 0) is 56.4 Å². The third-order valence-electron chi connectivity index (χ3n) is 7.49. The van der Waals surface area contributed by atoms with Gasteiger partial charge >= 0.3 is 0 Å². The fourth-order valence-corrected chi connectivity index (χ4v) is 6.70. The third kappa shape index (κ3) is 4.12. The first-order valence-corrected chi connectivity index (χ1v) is 13.5. The van der Waals surface area contributed by atoms with Gasteiger partial charge in [-0.2, -0.15) is 0 Å². The highest BCUT2D eigenvalue weighted by Gasteiger charge is 2.31. The molecule has 0 N–H and O–H groups in total. The van der Waals surface area contributed by atoms with Crippen molar-refractivity contribution in [2.45, 2.75) is 32.7 Å². The quantitative estimate of drug-likeness (QED) is 0.266. The number of nitrogens with zero attached hydrogens (tertiary/aromatic N) is 3. The fourth-order valence-electron chi connectivity index (χ4n) is 5.65. The summed E-state index contributed by atoms with van der Waals surface area (Å²) in [6.45, 7) is 4.97. The van der Waals surface area contributed by atoms with E-state index in [1.54, 1.807) is 18.5 Å². The Morgan fingerprint density at radius 2 is 1.84 bits per heavy atom. The van der Waals surface area contributed by atoms with Crippen molar-refractivity contribution in [2.75, 3.05) is 13.2 Å². The molecule has 0 saturated carbocycles. The molecule has 1 saturated heterocycles. The minimum absolute atomic E-state index is 0.00194. The molecule has 0 amide bonds. The molecular formula is C30H29N3O3S. The van der Waals surface area contributed by atoms with Crippen LogP contribution in [0.4, 0.5) is 0 Å². The first kappa shape index (κ1) is 23.8. The molecule has 0 bridgehead atoms. The van der Waals surface area contributed by atoms with E-state index >= 15 is 0 Å². The minimum atomic E-state index is 0.00194. The molecular weight excluding hydrogens is 482 g/mol. The van der Waals surface area contributed by atoms with Gasteiger partial charge in [-0.25, -0.2) is 0 Å². The highest BCUT2D eigenvalue weighted by Crippen LogP contribution is 2.43. The molecule has 1 unspecified atom stereocenters. The Morgan fingerprint density at radius 1 is 1.08 bits per heavy atom. The Hall–Kier alpha value is -3.55. The monoisotopic (exact) mass is 511 g/mol. The zero-order valence-corrected chi connectivity index (χ0v) is 22.0. The van der Waals surface area contributed by atoms with Crippen molar-refractivity contribution >= 4 is 38.4 Å². The number of carbonyl (C=O) groups is 1. The largest absolute Gasteiger partial charge is 0.381 e. The van der Waals surface area contributed by atoms with Crippen molar-refractivity contribution in [3.8, 4) is 11.1 Å². The summed E-state index contributed by atoms with van der Waals surface area (Å²) in [4.78, 5) is 30.4. The number of carbonyl (C=O) groups excluding carboxylic acids is 1. The van der Waals surface area contributed by atoms with E-state index in [9.17, 15) is 9.59 Å². The van der Waals surface area contributed by atoms with E-state index in [0.29, 0.717) is 11.5 Å². The zero-order valence-electron chi connectivity index (χ0n) is 21.2. The first-order chi connectivity index (χ1) is 17.9. The lowest BCUT2D eigenvalue weighted by Gasteiger charge is -2.33. The molecule has 5 aromatic rings. The highest BCUT2D eigenvalue weighted by molar-refractivity contribution is 7.21. The number of hydrogen-bond donors (Lipinski definition) is 0. The summed E-state index contributed by atoms with van der Waals surface area (Å²) < 4.78 is 10.8. The zero-order chi connectivity index (χ0) is 25.7. The van der Waals surface area contributed by atoms with E-state index in [4.69, 9.17) is 9.72 Å². The van der Waals surface area contributed by atoms with Crippen LogP contribution >= 0.6 is 11.3 Å². The van der Waals surface area contributed by atoms with Crippen molar-refractivity contribution in [3.05, 3.63) is 87.3 Å². The van der Waals surface area contributed by atoms with Gasteiger partial charge in [-0.3, -0.25) is 14.6 Å². The van der Waals surface area contributed by atoms with Gasteiger partial charge in [-0.1, -0.05) is 30.3 Å². The Morgan fingerprint density at radius 3 is 2.54 bits per heavy atom. The molecule has 188 valence electrons. The van der Waals surface area contributed by atoms with Crippen molar-refractivity contribution in [3.63, 3.8) is 0 Å². The van der Waals surface area contributed by atoms with E-state index in [1.807, 2.05) is 37.5 Å². The number of Topliss-reactive ketones (excluding diaryl/α,β-unsaturated/α-hetero) is 1. The third-order valence-corrected chi connectivity index (χ3v) is 8.72. The molecule has 0 spiro atoms. The average Bonchev–Trinajstić information content (AvgIpc) is 3.47. The van der Waals surface area contributed by atoms with Gasteiger partial charge in [0.25, 0.3) is 5.56 Å². The molecule has 5 heterocycles. The topological polar surface area (TPSA) is 66.1 Å². The van der Waals surface area contributed by atoms with Crippen LogP contribution in [-0.2, 0) is 11.8 Å². The number of thiophene rings is 1.